The number of hydrogen-bond donors (Lipinski definition) is 0. The van der Waals surface area contributed by atoms with Crippen molar-refractivity contribution >= 4 is 21.8 Å². The zero-order valence-electron chi connectivity index (χ0n) is 11.1. The molecule has 0 aromatic rings. The maximum atomic E-state index is 12.5. The second-order valence-corrected chi connectivity index (χ2v) is 6.44. The van der Waals surface area contributed by atoms with Crippen LogP contribution in [0.15, 0.2) is 0 Å². The molecule has 106 valence electrons. The summed E-state index contributed by atoms with van der Waals surface area (Å²) in [5, 5.41) is 0.540. The lowest BCUT2D eigenvalue weighted by Crippen LogP contribution is -2.46. The molecule has 1 unspecified atom stereocenters. The van der Waals surface area contributed by atoms with E-state index in [-0.39, 0.29) is 17.2 Å². The smallest absolute Gasteiger partial charge is 0.255 e. The van der Waals surface area contributed by atoms with E-state index >= 15 is 0 Å². The third kappa shape index (κ3) is 4.18. The van der Waals surface area contributed by atoms with Gasteiger partial charge in [-0.2, -0.15) is 0 Å². The van der Waals surface area contributed by atoms with Crippen LogP contribution < -0.4 is 0 Å². The number of carbonyl (C=O) groups excluding carboxylic acids is 1. The van der Waals surface area contributed by atoms with Gasteiger partial charge >= 0.3 is 0 Å². The van der Waals surface area contributed by atoms with Crippen molar-refractivity contribution < 1.29 is 13.6 Å². The standard InChI is InChI=1S/C13H22BrF2NO/c1-13(2)6-4-3-5-10(13)12(18)17(8-7-14)9-11(15)16/h10-11H,3-9H2,1-2H3. The zero-order valence-corrected chi connectivity index (χ0v) is 12.7. The van der Waals surface area contributed by atoms with Crippen LogP contribution in [-0.2, 0) is 4.79 Å². The van der Waals surface area contributed by atoms with Gasteiger partial charge in [-0.3, -0.25) is 4.79 Å². The van der Waals surface area contributed by atoms with Gasteiger partial charge in [0.15, 0.2) is 0 Å². The van der Waals surface area contributed by atoms with Gasteiger partial charge in [0.25, 0.3) is 6.43 Å². The van der Waals surface area contributed by atoms with E-state index in [1.807, 2.05) is 0 Å². The summed E-state index contributed by atoms with van der Waals surface area (Å²) >= 11 is 3.22. The number of halogens is 3. The third-order valence-electron chi connectivity index (χ3n) is 3.83. The van der Waals surface area contributed by atoms with Crippen LogP contribution in [0.5, 0.6) is 0 Å². The normalized spacial score (nSPS) is 23.1. The number of hydrogen-bond acceptors (Lipinski definition) is 1. The van der Waals surface area contributed by atoms with E-state index in [1.54, 1.807) is 0 Å². The topological polar surface area (TPSA) is 20.3 Å². The maximum absolute atomic E-state index is 12.5. The second kappa shape index (κ2) is 6.83. The molecular weight excluding hydrogens is 304 g/mol. The van der Waals surface area contributed by atoms with Crippen molar-refractivity contribution in [1.82, 2.24) is 4.90 Å². The highest BCUT2D eigenvalue weighted by Crippen LogP contribution is 2.41. The first-order valence-electron chi connectivity index (χ1n) is 6.51. The van der Waals surface area contributed by atoms with Crippen LogP contribution >= 0.6 is 15.9 Å². The molecule has 0 N–H and O–H groups in total. The molecule has 1 amide bonds. The molecule has 2 nitrogen and oxygen atoms in total. The molecule has 0 bridgehead atoms. The number of alkyl halides is 3. The predicted molar refractivity (Wildman–Crippen MR) is 72.1 cm³/mol. The summed E-state index contributed by atoms with van der Waals surface area (Å²) in [6, 6.07) is 0. The molecule has 0 saturated heterocycles. The lowest BCUT2D eigenvalue weighted by molar-refractivity contribution is -0.142. The molecule has 18 heavy (non-hydrogen) atoms. The fourth-order valence-electron chi connectivity index (χ4n) is 2.73. The Bertz CT molecular complexity index is 284. The largest absolute Gasteiger partial charge is 0.336 e. The van der Waals surface area contributed by atoms with E-state index in [9.17, 15) is 13.6 Å². The van der Waals surface area contributed by atoms with E-state index in [4.69, 9.17) is 0 Å². The highest BCUT2D eigenvalue weighted by atomic mass is 79.9. The minimum absolute atomic E-state index is 0.0674. The molecule has 0 heterocycles. The van der Waals surface area contributed by atoms with Gasteiger partial charge < -0.3 is 4.90 Å². The highest BCUT2D eigenvalue weighted by molar-refractivity contribution is 9.09. The third-order valence-corrected chi connectivity index (χ3v) is 4.18. The first-order valence-corrected chi connectivity index (χ1v) is 7.63. The van der Waals surface area contributed by atoms with Gasteiger partial charge in [0.1, 0.15) is 0 Å². The van der Waals surface area contributed by atoms with Crippen LogP contribution in [0.1, 0.15) is 39.5 Å². The summed E-state index contributed by atoms with van der Waals surface area (Å²) in [5.41, 5.74) is -0.0674. The van der Waals surface area contributed by atoms with E-state index < -0.39 is 13.0 Å². The summed E-state index contributed by atoms with van der Waals surface area (Å²) in [6.45, 7) is 4.06. The fraction of sp³-hybridized carbons (Fsp3) is 0.923. The van der Waals surface area contributed by atoms with Crippen LogP contribution in [0.4, 0.5) is 8.78 Å². The average Bonchev–Trinajstić information content (AvgIpc) is 2.26. The van der Waals surface area contributed by atoms with Crippen molar-refractivity contribution in [2.45, 2.75) is 46.0 Å². The molecule has 1 fully saturated rings. The summed E-state index contributed by atoms with van der Waals surface area (Å²) in [4.78, 5) is 13.7. The lowest BCUT2D eigenvalue weighted by atomic mass is 9.68. The molecular formula is C13H22BrF2NO. The van der Waals surface area contributed by atoms with Gasteiger partial charge in [0.05, 0.1) is 6.54 Å². The molecule has 5 heteroatoms. The molecule has 0 aliphatic heterocycles. The average molecular weight is 326 g/mol. The Balaban J connectivity index is 2.74. The van der Waals surface area contributed by atoms with Crippen LogP contribution in [0.25, 0.3) is 0 Å². The minimum atomic E-state index is -2.46. The number of nitrogens with zero attached hydrogens (tertiary/aromatic N) is 1. The molecule has 1 aliphatic rings. The van der Waals surface area contributed by atoms with Crippen molar-refractivity contribution in [1.29, 1.82) is 0 Å². The van der Waals surface area contributed by atoms with Gasteiger partial charge in [0, 0.05) is 17.8 Å². The molecule has 1 atom stereocenters. The Hall–Kier alpha value is -0.190. The minimum Gasteiger partial charge on any atom is -0.336 e. The first-order chi connectivity index (χ1) is 8.38. The molecule has 1 saturated carbocycles. The highest BCUT2D eigenvalue weighted by Gasteiger charge is 2.39. The Morgan fingerprint density at radius 2 is 2.11 bits per heavy atom. The van der Waals surface area contributed by atoms with E-state index in [0.717, 1.165) is 25.7 Å². The van der Waals surface area contributed by atoms with Crippen molar-refractivity contribution in [2.24, 2.45) is 11.3 Å². The van der Waals surface area contributed by atoms with E-state index in [1.165, 1.54) is 4.90 Å². The summed E-state index contributed by atoms with van der Waals surface area (Å²) in [7, 11) is 0. The number of amides is 1. The number of rotatable bonds is 5. The Kier molecular flexibility index (Phi) is 6.02. The lowest BCUT2D eigenvalue weighted by Gasteiger charge is -2.40. The summed E-state index contributed by atoms with van der Waals surface area (Å²) in [5.74, 6) is -0.205. The molecule has 0 radical (unpaired) electrons. The summed E-state index contributed by atoms with van der Waals surface area (Å²) < 4.78 is 25.0. The maximum Gasteiger partial charge on any atom is 0.255 e. The van der Waals surface area contributed by atoms with E-state index in [0.29, 0.717) is 11.9 Å². The van der Waals surface area contributed by atoms with Gasteiger partial charge in [-0.25, -0.2) is 8.78 Å². The quantitative estimate of drug-likeness (QED) is 0.706. The predicted octanol–water partition coefficient (Wildman–Crippen LogP) is 3.69. The van der Waals surface area contributed by atoms with Gasteiger partial charge in [-0.1, -0.05) is 42.6 Å². The second-order valence-electron chi connectivity index (χ2n) is 5.65. The molecule has 0 aromatic heterocycles. The molecule has 1 aliphatic carbocycles. The van der Waals surface area contributed by atoms with Gasteiger partial charge in [-0.05, 0) is 18.3 Å². The van der Waals surface area contributed by atoms with Crippen LogP contribution in [0.3, 0.4) is 0 Å². The summed E-state index contributed by atoms with van der Waals surface area (Å²) in [6.07, 6.45) is 1.52. The van der Waals surface area contributed by atoms with Crippen molar-refractivity contribution in [3.8, 4) is 0 Å². The first kappa shape index (κ1) is 15.9. The van der Waals surface area contributed by atoms with Crippen LogP contribution in [-0.4, -0.2) is 35.7 Å². The van der Waals surface area contributed by atoms with Crippen molar-refractivity contribution in [3.63, 3.8) is 0 Å². The van der Waals surface area contributed by atoms with E-state index in [2.05, 4.69) is 29.8 Å². The van der Waals surface area contributed by atoms with Crippen molar-refractivity contribution in [3.05, 3.63) is 0 Å². The Labute approximate surface area is 116 Å². The van der Waals surface area contributed by atoms with Gasteiger partial charge in [-0.15, -0.1) is 0 Å². The van der Waals surface area contributed by atoms with Crippen LogP contribution in [0, 0.1) is 11.3 Å². The van der Waals surface area contributed by atoms with Crippen molar-refractivity contribution in [2.75, 3.05) is 18.4 Å². The molecule has 1 rings (SSSR count). The Morgan fingerprint density at radius 3 is 2.61 bits per heavy atom. The molecule has 0 spiro atoms. The van der Waals surface area contributed by atoms with Gasteiger partial charge in [0.2, 0.25) is 5.91 Å². The Morgan fingerprint density at radius 1 is 1.44 bits per heavy atom. The monoisotopic (exact) mass is 325 g/mol. The fourth-order valence-corrected chi connectivity index (χ4v) is 3.16. The number of carbonyl (C=O) groups is 1. The van der Waals surface area contributed by atoms with Crippen LogP contribution in [0.2, 0.25) is 0 Å². The molecule has 0 aromatic carbocycles. The zero-order chi connectivity index (χ0) is 13.8. The SMILES string of the molecule is CC1(C)CCCCC1C(=O)N(CCBr)CC(F)F.